The zero-order valence-electron chi connectivity index (χ0n) is 13.4. The smallest absolute Gasteiger partial charge is 0.239 e. The van der Waals surface area contributed by atoms with E-state index in [9.17, 15) is 10.1 Å². The molecule has 1 aliphatic carbocycles. The number of nitrogens with two attached hydrogens (primary N) is 1. The summed E-state index contributed by atoms with van der Waals surface area (Å²) in [6.45, 7) is 1.83. The van der Waals surface area contributed by atoms with Gasteiger partial charge in [-0.05, 0) is 23.3 Å². The number of nitrogens with zero attached hydrogens (tertiary/aromatic N) is 2. The van der Waals surface area contributed by atoms with E-state index in [1.54, 1.807) is 0 Å². The van der Waals surface area contributed by atoms with Gasteiger partial charge in [-0.3, -0.25) is 15.6 Å². The lowest BCUT2D eigenvalue weighted by molar-refractivity contribution is 0.0669. The molecule has 0 bridgehead atoms. The van der Waals surface area contributed by atoms with Gasteiger partial charge in [0.15, 0.2) is 12.0 Å². The van der Waals surface area contributed by atoms with Gasteiger partial charge in [0.1, 0.15) is 11.3 Å². The second kappa shape index (κ2) is 4.47. The van der Waals surface area contributed by atoms with Crippen LogP contribution in [0.1, 0.15) is 27.2 Å². The minimum absolute atomic E-state index is 0.115. The third-order valence-corrected chi connectivity index (χ3v) is 5.42. The number of ketones is 1. The van der Waals surface area contributed by atoms with E-state index >= 15 is 0 Å². The maximum Gasteiger partial charge on any atom is 0.239 e. The monoisotopic (exact) mass is 330 g/mol. The van der Waals surface area contributed by atoms with Gasteiger partial charge in [-0.25, -0.2) is 0 Å². The zero-order valence-corrected chi connectivity index (χ0v) is 13.4. The summed E-state index contributed by atoms with van der Waals surface area (Å²) < 4.78 is 5.65. The average Bonchev–Trinajstić information content (AvgIpc) is 3.09. The fraction of sp³-hybridized carbons (Fsp3) is 0.211. The van der Waals surface area contributed by atoms with Gasteiger partial charge in [0.2, 0.25) is 5.88 Å². The maximum atomic E-state index is 13.7. The Morgan fingerprint density at radius 3 is 2.84 bits per heavy atom. The number of H-pyrrole nitrogens is 1. The van der Waals surface area contributed by atoms with Crippen LogP contribution in [-0.4, -0.2) is 22.2 Å². The van der Waals surface area contributed by atoms with Crippen molar-refractivity contribution in [2.24, 2.45) is 11.7 Å². The van der Waals surface area contributed by atoms with E-state index in [0.29, 0.717) is 22.7 Å². The fourth-order valence-electron chi connectivity index (χ4n) is 4.48. The van der Waals surface area contributed by atoms with Gasteiger partial charge in [-0.1, -0.05) is 36.4 Å². The van der Waals surface area contributed by atoms with Gasteiger partial charge < -0.3 is 4.74 Å². The van der Waals surface area contributed by atoms with Crippen molar-refractivity contribution in [3.63, 3.8) is 0 Å². The number of rotatable bonds is 0. The summed E-state index contributed by atoms with van der Waals surface area (Å²) in [4.78, 5) is 13.7. The topological polar surface area (TPSA) is 105 Å². The number of fused-ring (bicyclic) bond motifs is 3. The van der Waals surface area contributed by atoms with Crippen molar-refractivity contribution < 1.29 is 9.53 Å². The molecule has 122 valence electrons. The first kappa shape index (κ1) is 14.2. The van der Waals surface area contributed by atoms with Crippen molar-refractivity contribution in [3.8, 4) is 11.9 Å². The molecule has 2 aromatic carbocycles. The van der Waals surface area contributed by atoms with Crippen LogP contribution in [0.4, 0.5) is 0 Å². The van der Waals surface area contributed by atoms with Gasteiger partial charge >= 0.3 is 0 Å². The number of Topliss-reactive ketones (excluding diaryl/α,β-unsaturated/α-hetero) is 1. The third-order valence-electron chi connectivity index (χ3n) is 5.42. The summed E-state index contributed by atoms with van der Waals surface area (Å²) in [6, 6.07) is 13.7. The standard InChI is InChI=1S/C19H14N4O2/c1-9-15-18(23-22-9)25-17(21)13(8-20)19(15)12-7-3-5-10-4-2-6-11(14(10)12)16(19)24/h2-7,13,17H,21H2,1H3,(H,22,23). The van der Waals surface area contributed by atoms with E-state index in [1.165, 1.54) is 0 Å². The SMILES string of the molecule is Cc1[nH]nc2c1C1(C(=O)c3cccc4cccc1c34)C(C#N)C(N)O2. The number of aromatic nitrogens is 2. The minimum Gasteiger partial charge on any atom is -0.456 e. The number of nitriles is 1. The Morgan fingerprint density at radius 2 is 2.08 bits per heavy atom. The molecule has 6 nitrogen and oxygen atoms in total. The van der Waals surface area contributed by atoms with E-state index < -0.39 is 17.6 Å². The van der Waals surface area contributed by atoms with Crippen molar-refractivity contribution >= 4 is 16.6 Å². The molecule has 5 rings (SSSR count). The summed E-state index contributed by atoms with van der Waals surface area (Å²) in [5.41, 5.74) is 7.70. The molecule has 3 N–H and O–H groups in total. The predicted octanol–water partition coefficient (Wildman–Crippen LogP) is 2.17. The summed E-state index contributed by atoms with van der Waals surface area (Å²) in [7, 11) is 0. The molecule has 2 heterocycles. The molecule has 0 amide bonds. The molecule has 0 saturated heterocycles. The molecule has 25 heavy (non-hydrogen) atoms. The van der Waals surface area contributed by atoms with Crippen LogP contribution >= 0.6 is 0 Å². The molecular formula is C19H14N4O2. The number of hydrogen-bond donors (Lipinski definition) is 2. The summed E-state index contributed by atoms with van der Waals surface area (Å²) in [5, 5.41) is 18.8. The molecule has 3 unspecified atom stereocenters. The molecule has 0 saturated carbocycles. The van der Waals surface area contributed by atoms with Crippen molar-refractivity contribution in [2.75, 3.05) is 0 Å². The summed E-state index contributed by atoms with van der Waals surface area (Å²) >= 11 is 0. The van der Waals surface area contributed by atoms with E-state index in [1.807, 2.05) is 43.3 Å². The maximum absolute atomic E-state index is 13.7. The van der Waals surface area contributed by atoms with Crippen LogP contribution in [-0.2, 0) is 5.41 Å². The molecular weight excluding hydrogens is 316 g/mol. The molecule has 2 aliphatic rings. The molecule has 1 spiro atoms. The van der Waals surface area contributed by atoms with Crippen LogP contribution in [0.2, 0.25) is 0 Å². The fourth-order valence-corrected chi connectivity index (χ4v) is 4.48. The van der Waals surface area contributed by atoms with Gasteiger partial charge in [-0.15, -0.1) is 5.10 Å². The number of ether oxygens (including phenoxy) is 1. The number of aryl methyl sites for hydroxylation is 1. The molecule has 1 aliphatic heterocycles. The molecule has 3 atom stereocenters. The molecule has 0 radical (unpaired) electrons. The summed E-state index contributed by atoms with van der Waals surface area (Å²) in [6.07, 6.45) is -0.936. The first-order valence-electron chi connectivity index (χ1n) is 8.05. The first-order chi connectivity index (χ1) is 12.1. The Kier molecular flexibility index (Phi) is 2.54. The van der Waals surface area contributed by atoms with E-state index in [4.69, 9.17) is 10.5 Å². The Bertz CT molecular complexity index is 1110. The third kappa shape index (κ3) is 1.43. The highest BCUT2D eigenvalue weighted by molar-refractivity contribution is 6.22. The van der Waals surface area contributed by atoms with Crippen molar-refractivity contribution in [2.45, 2.75) is 18.6 Å². The van der Waals surface area contributed by atoms with Crippen LogP contribution in [0.15, 0.2) is 36.4 Å². The highest BCUT2D eigenvalue weighted by Crippen LogP contribution is 2.56. The second-order valence-corrected chi connectivity index (χ2v) is 6.56. The molecule has 3 aromatic rings. The van der Waals surface area contributed by atoms with Crippen LogP contribution in [0.25, 0.3) is 10.8 Å². The van der Waals surface area contributed by atoms with E-state index in [0.717, 1.165) is 16.3 Å². The number of carbonyl (C=O) groups excluding carboxylic acids is 1. The van der Waals surface area contributed by atoms with Crippen LogP contribution < -0.4 is 10.5 Å². The van der Waals surface area contributed by atoms with E-state index in [2.05, 4.69) is 16.3 Å². The van der Waals surface area contributed by atoms with Crippen molar-refractivity contribution in [3.05, 3.63) is 58.8 Å². The largest absolute Gasteiger partial charge is 0.456 e. The molecule has 0 fully saturated rings. The molecule has 1 aromatic heterocycles. The lowest BCUT2D eigenvalue weighted by Crippen LogP contribution is -2.54. The van der Waals surface area contributed by atoms with Gasteiger partial charge in [0.05, 0.1) is 11.6 Å². The number of hydrogen-bond acceptors (Lipinski definition) is 5. The number of aromatic amines is 1. The Balaban J connectivity index is 1.99. The lowest BCUT2D eigenvalue weighted by Gasteiger charge is -2.40. The van der Waals surface area contributed by atoms with Gasteiger partial charge in [-0.2, -0.15) is 5.26 Å². The highest BCUT2D eigenvalue weighted by Gasteiger charge is 2.61. The van der Waals surface area contributed by atoms with Crippen LogP contribution in [0.5, 0.6) is 5.88 Å². The van der Waals surface area contributed by atoms with Crippen molar-refractivity contribution in [1.82, 2.24) is 10.2 Å². The number of nitrogens with one attached hydrogen (secondary N) is 1. The lowest BCUT2D eigenvalue weighted by atomic mass is 9.63. The first-order valence-corrected chi connectivity index (χ1v) is 8.05. The molecule has 6 heteroatoms. The van der Waals surface area contributed by atoms with Crippen LogP contribution in [0.3, 0.4) is 0 Å². The van der Waals surface area contributed by atoms with Gasteiger partial charge in [0, 0.05) is 11.3 Å². The predicted molar refractivity (Wildman–Crippen MR) is 90.1 cm³/mol. The number of carbonyl (C=O) groups is 1. The summed E-state index contributed by atoms with van der Waals surface area (Å²) in [5.74, 6) is -0.660. The van der Waals surface area contributed by atoms with Crippen molar-refractivity contribution in [1.29, 1.82) is 5.26 Å². The zero-order chi connectivity index (χ0) is 17.3. The normalized spacial score (nSPS) is 26.5. The Morgan fingerprint density at radius 1 is 1.32 bits per heavy atom. The second-order valence-electron chi connectivity index (χ2n) is 6.56. The average molecular weight is 330 g/mol. The highest BCUT2D eigenvalue weighted by atomic mass is 16.5. The van der Waals surface area contributed by atoms with Gasteiger partial charge in [0.25, 0.3) is 0 Å². The quantitative estimate of drug-likeness (QED) is 0.657. The van der Waals surface area contributed by atoms with Crippen LogP contribution in [0, 0.1) is 24.2 Å². The Labute approximate surface area is 143 Å². The number of benzene rings is 2. The van der Waals surface area contributed by atoms with E-state index in [-0.39, 0.29) is 5.78 Å². The minimum atomic E-state index is -1.19. The Hall–Kier alpha value is -3.17.